The fourth-order valence-electron chi connectivity index (χ4n) is 3.23. The summed E-state index contributed by atoms with van der Waals surface area (Å²) in [7, 11) is -2.40. The van der Waals surface area contributed by atoms with Crippen LogP contribution in [0.5, 0.6) is 5.75 Å². The zero-order valence-corrected chi connectivity index (χ0v) is 18.4. The highest BCUT2D eigenvalue weighted by Crippen LogP contribution is 2.36. The molecule has 3 aromatic rings. The minimum Gasteiger partial charge on any atom is -0.495 e. The fraction of sp³-hybridized carbons (Fsp3) is 0.250. The lowest BCUT2D eigenvalue weighted by Crippen LogP contribution is -2.40. The van der Waals surface area contributed by atoms with Gasteiger partial charge in [0.15, 0.2) is 0 Å². The van der Waals surface area contributed by atoms with Crippen LogP contribution in [0.2, 0.25) is 5.02 Å². The van der Waals surface area contributed by atoms with Crippen molar-refractivity contribution in [3.05, 3.63) is 52.4 Å². The van der Waals surface area contributed by atoms with E-state index in [1.54, 1.807) is 6.07 Å². The summed E-state index contributed by atoms with van der Waals surface area (Å²) in [4.78, 5) is 13.2. The van der Waals surface area contributed by atoms with E-state index in [1.807, 2.05) is 24.3 Å². The smallest absolute Gasteiger partial charge is 0.267 e. The predicted octanol–water partition coefficient (Wildman–Crippen LogP) is 3.84. The molecule has 1 N–H and O–H groups in total. The van der Waals surface area contributed by atoms with E-state index in [4.69, 9.17) is 21.1 Å². The molecule has 2 aromatic carbocycles. The first kappa shape index (κ1) is 21.1. The highest BCUT2D eigenvalue weighted by Gasteiger charge is 2.30. The van der Waals surface area contributed by atoms with Crippen LogP contribution in [0.1, 0.15) is 9.67 Å². The van der Waals surface area contributed by atoms with Gasteiger partial charge in [0.1, 0.15) is 15.5 Å². The first-order valence-electron chi connectivity index (χ1n) is 9.16. The number of hydrogen-bond acceptors (Lipinski definition) is 6. The van der Waals surface area contributed by atoms with Gasteiger partial charge in [0.05, 0.1) is 25.3 Å². The summed E-state index contributed by atoms with van der Waals surface area (Å²) in [5.41, 5.74) is 0.334. The molecule has 0 bridgehead atoms. The molecule has 1 aliphatic heterocycles. The summed E-state index contributed by atoms with van der Waals surface area (Å²) in [6.45, 7) is 1.20. The maximum Gasteiger partial charge on any atom is 0.267 e. The number of rotatable bonds is 5. The van der Waals surface area contributed by atoms with Gasteiger partial charge in [0, 0.05) is 28.9 Å². The molecule has 0 saturated carbocycles. The summed E-state index contributed by atoms with van der Waals surface area (Å²) in [5, 5.41) is 3.93. The lowest BCUT2D eigenvalue weighted by atomic mass is 10.2. The first-order valence-corrected chi connectivity index (χ1v) is 11.8. The normalized spacial score (nSPS) is 15.3. The number of morpholine rings is 1. The summed E-state index contributed by atoms with van der Waals surface area (Å²) in [5.74, 6) is -0.194. The number of sulfonamides is 1. The Labute approximate surface area is 183 Å². The van der Waals surface area contributed by atoms with Crippen LogP contribution in [0.15, 0.2) is 47.4 Å². The molecule has 0 spiro atoms. The third-order valence-corrected chi connectivity index (χ3v) is 8.34. The first-order chi connectivity index (χ1) is 14.4. The number of benzene rings is 2. The molecule has 1 aliphatic rings. The molecule has 0 radical (unpaired) electrons. The zero-order chi connectivity index (χ0) is 21.3. The van der Waals surface area contributed by atoms with Crippen LogP contribution in [0, 0.1) is 0 Å². The molecule has 158 valence electrons. The van der Waals surface area contributed by atoms with Gasteiger partial charge in [-0.25, -0.2) is 8.42 Å². The van der Waals surface area contributed by atoms with Gasteiger partial charge in [-0.2, -0.15) is 4.31 Å². The molecular weight excluding hydrogens is 448 g/mol. The molecule has 0 unspecified atom stereocenters. The van der Waals surface area contributed by atoms with Crippen molar-refractivity contribution in [2.24, 2.45) is 0 Å². The Kier molecular flexibility index (Phi) is 5.99. The fourth-order valence-corrected chi connectivity index (χ4v) is 6.23. The van der Waals surface area contributed by atoms with Crippen molar-refractivity contribution in [1.29, 1.82) is 0 Å². The molecule has 4 rings (SSSR count). The third kappa shape index (κ3) is 3.91. The molecule has 2 heterocycles. The molecule has 1 amide bonds. The van der Waals surface area contributed by atoms with Gasteiger partial charge in [-0.05, 0) is 24.3 Å². The van der Waals surface area contributed by atoms with E-state index in [0.29, 0.717) is 28.8 Å². The minimum absolute atomic E-state index is 0.00728. The van der Waals surface area contributed by atoms with Gasteiger partial charge in [0.25, 0.3) is 5.91 Å². The van der Waals surface area contributed by atoms with Crippen molar-refractivity contribution < 1.29 is 22.7 Å². The number of anilines is 1. The molecule has 30 heavy (non-hydrogen) atoms. The SMILES string of the molecule is COc1ccc(NC(=O)c2sc3ccccc3c2Cl)cc1S(=O)(=O)N1CCOCC1. The van der Waals surface area contributed by atoms with Crippen molar-refractivity contribution in [3.8, 4) is 5.75 Å². The molecule has 1 aromatic heterocycles. The maximum absolute atomic E-state index is 13.1. The van der Waals surface area contributed by atoms with Crippen LogP contribution < -0.4 is 10.1 Å². The van der Waals surface area contributed by atoms with Crippen molar-refractivity contribution in [3.63, 3.8) is 0 Å². The molecule has 0 atom stereocenters. The van der Waals surface area contributed by atoms with E-state index in [2.05, 4.69) is 5.32 Å². The van der Waals surface area contributed by atoms with Crippen molar-refractivity contribution in [2.75, 3.05) is 38.7 Å². The van der Waals surface area contributed by atoms with Gasteiger partial charge in [0.2, 0.25) is 10.0 Å². The third-order valence-electron chi connectivity index (χ3n) is 4.75. The quantitative estimate of drug-likeness (QED) is 0.617. The van der Waals surface area contributed by atoms with E-state index in [1.165, 1.54) is 34.9 Å². The van der Waals surface area contributed by atoms with Crippen LogP contribution in [0.4, 0.5) is 5.69 Å². The van der Waals surface area contributed by atoms with Crippen molar-refractivity contribution in [1.82, 2.24) is 4.31 Å². The van der Waals surface area contributed by atoms with Gasteiger partial charge in [-0.1, -0.05) is 29.8 Å². The van der Waals surface area contributed by atoms with Crippen LogP contribution >= 0.6 is 22.9 Å². The Bertz CT molecular complexity index is 1200. The highest BCUT2D eigenvalue weighted by atomic mass is 35.5. The average Bonchev–Trinajstić information content (AvgIpc) is 3.11. The summed E-state index contributed by atoms with van der Waals surface area (Å²) in [6.07, 6.45) is 0. The van der Waals surface area contributed by atoms with Crippen molar-refractivity contribution in [2.45, 2.75) is 4.90 Å². The number of amides is 1. The second-order valence-electron chi connectivity index (χ2n) is 6.58. The molecule has 7 nitrogen and oxygen atoms in total. The van der Waals surface area contributed by atoms with Gasteiger partial charge in [-0.15, -0.1) is 11.3 Å². The Hall–Kier alpha value is -2.17. The number of methoxy groups -OCH3 is 1. The average molecular weight is 467 g/mol. The van der Waals surface area contributed by atoms with E-state index in [-0.39, 0.29) is 23.7 Å². The lowest BCUT2D eigenvalue weighted by Gasteiger charge is -2.26. The van der Waals surface area contributed by atoms with E-state index < -0.39 is 15.9 Å². The Balaban J connectivity index is 1.65. The minimum atomic E-state index is -3.80. The van der Waals surface area contributed by atoms with Gasteiger partial charge in [-0.3, -0.25) is 4.79 Å². The van der Waals surface area contributed by atoms with Gasteiger partial charge >= 0.3 is 0 Å². The maximum atomic E-state index is 13.1. The Morgan fingerprint density at radius 2 is 1.93 bits per heavy atom. The van der Waals surface area contributed by atoms with E-state index in [0.717, 1.165) is 10.1 Å². The number of thiophene rings is 1. The van der Waals surface area contributed by atoms with Crippen LogP contribution in [-0.2, 0) is 14.8 Å². The highest BCUT2D eigenvalue weighted by molar-refractivity contribution is 7.89. The summed E-state index contributed by atoms with van der Waals surface area (Å²) in [6, 6.07) is 12.0. The number of halogens is 1. The molecular formula is C20H19ClN2O5S2. The molecule has 1 fully saturated rings. The standard InChI is InChI=1S/C20H19ClN2O5S2/c1-27-15-7-6-13(12-17(15)30(25,26)23-8-10-28-11-9-23)22-20(24)19-18(21)14-4-2-3-5-16(14)29-19/h2-7,12H,8-11H2,1H3,(H,22,24). The lowest BCUT2D eigenvalue weighted by molar-refractivity contribution is 0.0729. The van der Waals surface area contributed by atoms with Crippen molar-refractivity contribution >= 4 is 54.6 Å². The number of carbonyl (C=O) groups is 1. The topological polar surface area (TPSA) is 84.9 Å². The number of hydrogen-bond donors (Lipinski definition) is 1. The Morgan fingerprint density at radius 1 is 1.20 bits per heavy atom. The largest absolute Gasteiger partial charge is 0.495 e. The zero-order valence-electron chi connectivity index (χ0n) is 16.1. The van der Waals surface area contributed by atoms with Crippen LogP contribution in [0.25, 0.3) is 10.1 Å². The number of nitrogens with zero attached hydrogens (tertiary/aromatic N) is 1. The molecule has 0 aliphatic carbocycles. The van der Waals surface area contributed by atoms with Gasteiger partial charge < -0.3 is 14.8 Å². The molecule has 10 heteroatoms. The Morgan fingerprint density at radius 3 is 2.63 bits per heavy atom. The van der Waals surface area contributed by atoms with E-state index >= 15 is 0 Å². The van der Waals surface area contributed by atoms with Crippen LogP contribution in [-0.4, -0.2) is 52.0 Å². The number of fused-ring (bicyclic) bond motifs is 1. The van der Waals surface area contributed by atoms with E-state index in [9.17, 15) is 13.2 Å². The molecule has 1 saturated heterocycles. The number of nitrogens with one attached hydrogen (secondary N) is 1. The summed E-state index contributed by atoms with van der Waals surface area (Å²) >= 11 is 7.67. The number of carbonyl (C=O) groups excluding carboxylic acids is 1. The second-order valence-corrected chi connectivity index (χ2v) is 9.91. The number of ether oxygens (including phenoxy) is 2. The predicted molar refractivity (Wildman–Crippen MR) is 117 cm³/mol. The second kappa shape index (κ2) is 8.52. The summed E-state index contributed by atoms with van der Waals surface area (Å²) < 4.78 is 39.0. The monoisotopic (exact) mass is 466 g/mol. The van der Waals surface area contributed by atoms with Crippen LogP contribution in [0.3, 0.4) is 0 Å².